The summed E-state index contributed by atoms with van der Waals surface area (Å²) in [7, 11) is 0. The fraction of sp³-hybridized carbons (Fsp3) is 1.00. The van der Waals surface area contributed by atoms with Crippen molar-refractivity contribution < 1.29 is 5.11 Å². The summed E-state index contributed by atoms with van der Waals surface area (Å²) < 4.78 is 1.14. The van der Waals surface area contributed by atoms with Crippen LogP contribution in [0.2, 0.25) is 14.3 Å². The van der Waals surface area contributed by atoms with Gasteiger partial charge in [0.2, 0.25) is 0 Å². The van der Waals surface area contributed by atoms with Gasteiger partial charge in [-0.2, -0.15) is 0 Å². The van der Waals surface area contributed by atoms with Gasteiger partial charge in [-0.1, -0.05) is 0 Å². The molecule has 0 aliphatic heterocycles. The Kier molecular flexibility index (Phi) is 4.43. The van der Waals surface area contributed by atoms with Gasteiger partial charge in [-0.25, -0.2) is 0 Å². The van der Waals surface area contributed by atoms with Gasteiger partial charge in [0.15, 0.2) is 0 Å². The first-order valence-electron chi connectivity index (χ1n) is 2.38. The van der Waals surface area contributed by atoms with Crippen molar-refractivity contribution in [1.82, 2.24) is 0 Å². The quantitative estimate of drug-likeness (QED) is 0.634. The molecule has 6 heavy (non-hydrogen) atoms. The van der Waals surface area contributed by atoms with Gasteiger partial charge in [0.1, 0.15) is 0 Å². The molecule has 0 amide bonds. The molecule has 0 bridgehead atoms. The molecule has 0 rings (SSSR count). The molecule has 0 spiro atoms. The summed E-state index contributed by atoms with van der Waals surface area (Å²) in [4.78, 5) is 4.61. The van der Waals surface area contributed by atoms with Crippen LogP contribution in [0.1, 0.15) is 0 Å². The second kappa shape index (κ2) is 3.93. The van der Waals surface area contributed by atoms with Crippen LogP contribution in [0.15, 0.2) is 0 Å². The molecule has 1 nitrogen and oxygen atoms in total. The minimum atomic E-state index is -0.968. The van der Waals surface area contributed by atoms with Crippen molar-refractivity contribution in [3.05, 3.63) is 0 Å². The molecule has 0 aromatic heterocycles. The molecule has 0 heterocycles. The van der Waals surface area contributed by atoms with E-state index in [1.54, 1.807) is 0 Å². The maximum atomic E-state index is 8.29. The minimum absolute atomic E-state index is 0.424. The molecule has 2 heteroatoms. The van der Waals surface area contributed by atoms with Crippen molar-refractivity contribution >= 4 is 19.8 Å². The van der Waals surface area contributed by atoms with Crippen LogP contribution in [0.5, 0.6) is 0 Å². The van der Waals surface area contributed by atoms with Gasteiger partial charge < -0.3 is 0 Å². The molecule has 0 atom stereocenters. The Bertz CT molecular complexity index is 28.7. The average Bonchev–Trinajstić information content (AvgIpc) is 1.35. The molecule has 0 saturated carbocycles. The van der Waals surface area contributed by atoms with E-state index < -0.39 is 19.8 Å². The van der Waals surface area contributed by atoms with Gasteiger partial charge in [0.25, 0.3) is 0 Å². The van der Waals surface area contributed by atoms with Crippen LogP contribution in [0.3, 0.4) is 0 Å². The Hall–Kier alpha value is 0.759. The van der Waals surface area contributed by atoms with Crippen molar-refractivity contribution in [2.45, 2.75) is 14.3 Å². The van der Waals surface area contributed by atoms with Crippen molar-refractivity contribution in [2.75, 3.05) is 6.61 Å². The van der Waals surface area contributed by atoms with Gasteiger partial charge in [-0.15, -0.1) is 0 Å². The fourth-order valence-corrected chi connectivity index (χ4v) is 1.73. The monoisotopic (exact) mass is 196 g/mol. The molecule has 0 fully saturated rings. The number of rotatable bonds is 2. The Balaban J connectivity index is 2.63. The molecule has 0 aliphatic rings. The molecule has 0 saturated heterocycles. The normalized spacial score (nSPS) is 10.0. The SMILES string of the molecule is [CH3][SnH]([CH3])[CH2]CO. The second-order valence-electron chi connectivity index (χ2n) is 1.91. The first-order chi connectivity index (χ1) is 2.77. The summed E-state index contributed by atoms with van der Waals surface area (Å²) in [5.74, 6) is 0. The molecule has 0 aromatic carbocycles. The van der Waals surface area contributed by atoms with E-state index in [9.17, 15) is 0 Å². The van der Waals surface area contributed by atoms with E-state index >= 15 is 0 Å². The molecule has 0 radical (unpaired) electrons. The van der Waals surface area contributed by atoms with Gasteiger partial charge in [-0.3, -0.25) is 0 Å². The fourth-order valence-electron chi connectivity index (χ4n) is 0.258. The summed E-state index contributed by atoms with van der Waals surface area (Å²) >= 11 is -0.968. The standard InChI is InChI=1S/C2H5O.2CH3.Sn.H/c1-2-3;;;;/h3H,1-2H2;2*1H3;;. The third-order valence-electron chi connectivity index (χ3n) is 0.706. The van der Waals surface area contributed by atoms with Crippen molar-refractivity contribution in [1.29, 1.82) is 0 Å². The second-order valence-corrected chi connectivity index (χ2v) is 11.5. The first kappa shape index (κ1) is 6.76. The first-order valence-corrected chi connectivity index (χ1v) is 11.3. The zero-order valence-corrected chi connectivity index (χ0v) is 7.73. The topological polar surface area (TPSA) is 20.2 Å². The van der Waals surface area contributed by atoms with Crippen LogP contribution in [0, 0.1) is 0 Å². The predicted octanol–water partition coefficient (Wildman–Crippen LogP) is 0.465. The van der Waals surface area contributed by atoms with Crippen LogP contribution in [-0.4, -0.2) is 31.5 Å². The van der Waals surface area contributed by atoms with E-state index in [-0.39, 0.29) is 0 Å². The Morgan fingerprint density at radius 2 is 2.00 bits per heavy atom. The van der Waals surface area contributed by atoms with Crippen molar-refractivity contribution in [3.8, 4) is 0 Å². The molecule has 1 N–H and O–H groups in total. The molecular formula is C4H12OSn. The van der Waals surface area contributed by atoms with Crippen molar-refractivity contribution in [2.24, 2.45) is 0 Å². The van der Waals surface area contributed by atoms with Crippen LogP contribution >= 0.6 is 0 Å². The molecule has 0 unspecified atom stereocenters. The Labute approximate surface area is 46.1 Å². The Morgan fingerprint density at radius 1 is 1.50 bits per heavy atom. The third kappa shape index (κ3) is 4.76. The summed E-state index contributed by atoms with van der Waals surface area (Å²) in [5, 5.41) is 8.29. The molecular weight excluding hydrogens is 183 g/mol. The van der Waals surface area contributed by atoms with E-state index in [0.29, 0.717) is 6.61 Å². The molecule has 0 aromatic rings. The van der Waals surface area contributed by atoms with Crippen LogP contribution in [0.4, 0.5) is 0 Å². The van der Waals surface area contributed by atoms with Gasteiger partial charge in [0, 0.05) is 0 Å². The maximum absolute atomic E-state index is 8.29. The summed E-state index contributed by atoms with van der Waals surface area (Å²) in [6.45, 7) is 0.424. The predicted molar refractivity (Wildman–Crippen MR) is 30.8 cm³/mol. The zero-order valence-electron chi connectivity index (χ0n) is 4.44. The van der Waals surface area contributed by atoms with Gasteiger partial charge in [-0.05, 0) is 0 Å². The number of hydrogen-bond donors (Lipinski definition) is 1. The van der Waals surface area contributed by atoms with E-state index in [4.69, 9.17) is 5.11 Å². The van der Waals surface area contributed by atoms with E-state index in [0.717, 1.165) is 4.44 Å². The third-order valence-corrected chi connectivity index (χ3v) is 4.74. The number of hydrogen-bond acceptors (Lipinski definition) is 1. The Morgan fingerprint density at radius 3 is 2.00 bits per heavy atom. The summed E-state index contributed by atoms with van der Waals surface area (Å²) in [6, 6.07) is 0. The van der Waals surface area contributed by atoms with Gasteiger partial charge in [0.05, 0.1) is 0 Å². The molecule has 38 valence electrons. The van der Waals surface area contributed by atoms with E-state index in [1.165, 1.54) is 0 Å². The summed E-state index contributed by atoms with van der Waals surface area (Å²) in [6.07, 6.45) is 0. The van der Waals surface area contributed by atoms with Crippen LogP contribution in [0.25, 0.3) is 0 Å². The summed E-state index contributed by atoms with van der Waals surface area (Å²) in [5.41, 5.74) is 0. The van der Waals surface area contributed by atoms with Crippen molar-refractivity contribution in [3.63, 3.8) is 0 Å². The number of aliphatic hydroxyl groups excluding tert-OH is 1. The van der Waals surface area contributed by atoms with Gasteiger partial charge >= 0.3 is 45.8 Å². The zero-order chi connectivity index (χ0) is 4.99. The van der Waals surface area contributed by atoms with Crippen LogP contribution in [-0.2, 0) is 0 Å². The van der Waals surface area contributed by atoms with E-state index in [1.807, 2.05) is 0 Å². The number of aliphatic hydroxyl groups is 1. The van der Waals surface area contributed by atoms with Crippen LogP contribution < -0.4 is 0 Å². The van der Waals surface area contributed by atoms with E-state index in [2.05, 4.69) is 9.88 Å². The average molecular weight is 195 g/mol. The molecule has 0 aliphatic carbocycles.